The Kier molecular flexibility index (Phi) is 9.23. The maximum atomic E-state index is 16.8. The number of methoxy groups -OCH3 is 2. The lowest BCUT2D eigenvalue weighted by Gasteiger charge is -2.30. The minimum absolute atomic E-state index is 0.00238. The molecular formula is C40H37ClF2N6O3. The number of anilines is 1. The molecule has 8 rings (SSSR count). The lowest BCUT2D eigenvalue weighted by molar-refractivity contribution is 0.107. The molecule has 2 aliphatic rings. The molecule has 52 heavy (non-hydrogen) atoms. The lowest BCUT2D eigenvalue weighted by Crippen LogP contribution is -2.43. The predicted molar refractivity (Wildman–Crippen MR) is 197 cm³/mol. The maximum absolute atomic E-state index is 16.8. The Morgan fingerprint density at radius 1 is 0.885 bits per heavy atom. The molecule has 3 aromatic heterocycles. The summed E-state index contributed by atoms with van der Waals surface area (Å²) < 4.78 is 48.0. The molecular weight excluding hydrogens is 686 g/mol. The molecule has 0 radical (unpaired) electrons. The summed E-state index contributed by atoms with van der Waals surface area (Å²) in [7, 11) is 3.27. The van der Waals surface area contributed by atoms with E-state index in [9.17, 15) is 4.39 Å². The molecule has 5 heterocycles. The third kappa shape index (κ3) is 6.54. The van der Waals surface area contributed by atoms with E-state index in [1.807, 2.05) is 66.7 Å². The number of fused-ring (bicyclic) bond motifs is 3. The molecule has 9 nitrogen and oxygen atoms in total. The number of hydrogen-bond donors (Lipinski definition) is 0. The van der Waals surface area contributed by atoms with Crippen LogP contribution in [0.2, 0.25) is 5.02 Å². The van der Waals surface area contributed by atoms with Gasteiger partial charge in [0.2, 0.25) is 0 Å². The standard InChI is InChI=1S/C40H37ClF2N6O3/c1-50-30-11-7-25(8-12-30)21-48(22-26-9-13-31(51-2)14-10-26)33-17-27-5-3-6-32(41)34(27)37(46-33)38-35(43)36-28(19-44-38)20-45-39(47-36)52-24-40-15-4-16-49(40)23-29(42)18-40/h3,5-14,17,19-20,29H,4,15-16,18,21-24H2,1-2H3/t29-,40+/m1/s1. The van der Waals surface area contributed by atoms with Crippen molar-refractivity contribution in [3.05, 3.63) is 107 Å². The first-order valence-electron chi connectivity index (χ1n) is 17.3. The zero-order valence-corrected chi connectivity index (χ0v) is 29.6. The van der Waals surface area contributed by atoms with Crippen LogP contribution in [0.3, 0.4) is 0 Å². The van der Waals surface area contributed by atoms with Gasteiger partial charge in [-0.1, -0.05) is 48.0 Å². The molecule has 12 heteroatoms. The highest BCUT2D eigenvalue weighted by Gasteiger charge is 2.49. The zero-order chi connectivity index (χ0) is 35.8. The minimum atomic E-state index is -0.888. The van der Waals surface area contributed by atoms with E-state index in [0.29, 0.717) is 47.7 Å². The van der Waals surface area contributed by atoms with Crippen LogP contribution in [-0.4, -0.2) is 70.5 Å². The highest BCUT2D eigenvalue weighted by Crippen LogP contribution is 2.41. The van der Waals surface area contributed by atoms with Gasteiger partial charge in [0.05, 0.1) is 24.8 Å². The predicted octanol–water partition coefficient (Wildman–Crippen LogP) is 8.21. The second-order valence-corrected chi connectivity index (χ2v) is 13.9. The summed E-state index contributed by atoms with van der Waals surface area (Å²) in [5.41, 5.74) is 2.01. The van der Waals surface area contributed by atoms with Crippen LogP contribution in [-0.2, 0) is 13.1 Å². The van der Waals surface area contributed by atoms with E-state index in [1.54, 1.807) is 20.3 Å². The monoisotopic (exact) mass is 722 g/mol. The average Bonchev–Trinajstić information content (AvgIpc) is 3.70. The second-order valence-electron chi connectivity index (χ2n) is 13.5. The largest absolute Gasteiger partial charge is 0.497 e. The van der Waals surface area contributed by atoms with Crippen molar-refractivity contribution in [1.29, 1.82) is 0 Å². The van der Waals surface area contributed by atoms with Crippen molar-refractivity contribution in [2.24, 2.45) is 0 Å². The molecule has 0 amide bonds. The Hall–Kier alpha value is -5.13. The van der Waals surface area contributed by atoms with E-state index in [-0.39, 0.29) is 35.1 Å². The highest BCUT2D eigenvalue weighted by atomic mass is 35.5. The molecule has 0 N–H and O–H groups in total. The summed E-state index contributed by atoms with van der Waals surface area (Å²) in [4.78, 5) is 22.7. The van der Waals surface area contributed by atoms with Crippen molar-refractivity contribution in [2.75, 3.05) is 38.8 Å². The van der Waals surface area contributed by atoms with Crippen molar-refractivity contribution in [2.45, 2.75) is 44.1 Å². The molecule has 3 aromatic carbocycles. The van der Waals surface area contributed by atoms with Gasteiger partial charge in [-0.15, -0.1) is 0 Å². The molecule has 2 saturated heterocycles. The Balaban J connectivity index is 1.19. The quantitative estimate of drug-likeness (QED) is 0.131. The molecule has 2 fully saturated rings. The molecule has 0 unspecified atom stereocenters. The number of halogens is 3. The van der Waals surface area contributed by atoms with Crippen LogP contribution < -0.4 is 19.1 Å². The summed E-state index contributed by atoms with van der Waals surface area (Å²) in [6, 6.07) is 23.2. The van der Waals surface area contributed by atoms with Crippen molar-refractivity contribution >= 4 is 39.1 Å². The summed E-state index contributed by atoms with van der Waals surface area (Å²) in [6.07, 6.45) is 4.37. The van der Waals surface area contributed by atoms with Gasteiger partial charge >= 0.3 is 6.01 Å². The van der Waals surface area contributed by atoms with Gasteiger partial charge in [-0.25, -0.2) is 18.7 Å². The summed E-state index contributed by atoms with van der Waals surface area (Å²) in [6.45, 7) is 2.48. The Bertz CT molecular complexity index is 2190. The van der Waals surface area contributed by atoms with Crippen molar-refractivity contribution in [3.63, 3.8) is 0 Å². The SMILES string of the molecule is COc1ccc(CN(Cc2ccc(OC)cc2)c2cc3cccc(Cl)c3c(-c3ncc4cnc(OC[C@@]56CCCN5C[C@H](F)C6)nc4c3F)n2)cc1. The fourth-order valence-electron chi connectivity index (χ4n) is 7.54. The number of ether oxygens (including phenoxy) is 3. The summed E-state index contributed by atoms with van der Waals surface area (Å²) in [5, 5.41) is 2.17. The van der Waals surface area contributed by atoms with Gasteiger partial charge in [0.15, 0.2) is 5.82 Å². The van der Waals surface area contributed by atoms with Crippen LogP contribution in [0.1, 0.15) is 30.4 Å². The number of benzene rings is 3. The van der Waals surface area contributed by atoms with E-state index in [0.717, 1.165) is 47.4 Å². The second kappa shape index (κ2) is 14.1. The topological polar surface area (TPSA) is 85.7 Å². The average molecular weight is 723 g/mol. The normalized spacial score (nSPS) is 18.5. The molecule has 6 aromatic rings. The Morgan fingerprint density at radius 2 is 1.58 bits per heavy atom. The number of pyridine rings is 2. The van der Waals surface area contributed by atoms with E-state index >= 15 is 4.39 Å². The molecule has 2 atom stereocenters. The van der Waals surface area contributed by atoms with E-state index in [2.05, 4.69) is 24.8 Å². The van der Waals surface area contributed by atoms with Gasteiger partial charge in [0, 0.05) is 49.2 Å². The van der Waals surface area contributed by atoms with Gasteiger partial charge in [-0.3, -0.25) is 9.88 Å². The molecule has 0 aliphatic carbocycles. The molecule has 266 valence electrons. The van der Waals surface area contributed by atoms with Crippen molar-refractivity contribution in [3.8, 4) is 28.9 Å². The van der Waals surface area contributed by atoms with Gasteiger partial charge in [0.1, 0.15) is 47.0 Å². The van der Waals surface area contributed by atoms with Crippen LogP contribution in [0.25, 0.3) is 33.1 Å². The fraction of sp³-hybridized carbons (Fsp3) is 0.300. The Morgan fingerprint density at radius 3 is 2.27 bits per heavy atom. The maximum Gasteiger partial charge on any atom is 0.317 e. The third-order valence-corrected chi connectivity index (χ3v) is 10.5. The minimum Gasteiger partial charge on any atom is -0.497 e. The van der Waals surface area contributed by atoms with Gasteiger partial charge < -0.3 is 19.1 Å². The lowest BCUT2D eigenvalue weighted by atomic mass is 9.95. The van der Waals surface area contributed by atoms with E-state index in [4.69, 9.17) is 30.8 Å². The van der Waals surface area contributed by atoms with Crippen LogP contribution in [0, 0.1) is 5.82 Å². The zero-order valence-electron chi connectivity index (χ0n) is 28.9. The van der Waals surface area contributed by atoms with Crippen LogP contribution in [0.5, 0.6) is 17.5 Å². The van der Waals surface area contributed by atoms with Gasteiger partial charge in [0.25, 0.3) is 0 Å². The van der Waals surface area contributed by atoms with Crippen LogP contribution >= 0.6 is 11.6 Å². The van der Waals surface area contributed by atoms with E-state index in [1.165, 1.54) is 12.4 Å². The van der Waals surface area contributed by atoms with E-state index < -0.39 is 12.0 Å². The number of nitrogens with zero attached hydrogens (tertiary/aromatic N) is 6. The first-order chi connectivity index (χ1) is 25.3. The number of hydrogen-bond acceptors (Lipinski definition) is 9. The van der Waals surface area contributed by atoms with Gasteiger partial charge in [-0.05, 0) is 72.3 Å². The molecule has 0 spiro atoms. The Labute approximate surface area is 305 Å². The van der Waals surface area contributed by atoms with Crippen molar-refractivity contribution < 1.29 is 23.0 Å². The number of rotatable bonds is 11. The van der Waals surface area contributed by atoms with Crippen LogP contribution in [0.4, 0.5) is 14.6 Å². The molecule has 0 saturated carbocycles. The summed E-state index contributed by atoms with van der Waals surface area (Å²) >= 11 is 6.81. The molecule has 2 aliphatic heterocycles. The van der Waals surface area contributed by atoms with Gasteiger partial charge in [-0.2, -0.15) is 4.98 Å². The first-order valence-corrected chi connectivity index (χ1v) is 17.6. The highest BCUT2D eigenvalue weighted by molar-refractivity contribution is 6.36. The first kappa shape index (κ1) is 34.0. The van der Waals surface area contributed by atoms with Crippen molar-refractivity contribution in [1.82, 2.24) is 24.8 Å². The number of aromatic nitrogens is 4. The smallest absolute Gasteiger partial charge is 0.317 e. The number of alkyl halides is 1. The van der Waals surface area contributed by atoms with Crippen LogP contribution in [0.15, 0.2) is 85.2 Å². The third-order valence-electron chi connectivity index (χ3n) is 10.2. The fourth-order valence-corrected chi connectivity index (χ4v) is 7.81. The molecule has 0 bridgehead atoms. The summed E-state index contributed by atoms with van der Waals surface area (Å²) in [5.74, 6) is 1.45.